The third-order valence-corrected chi connectivity index (χ3v) is 4.54. The Kier molecular flexibility index (Phi) is 6.64. The van der Waals surface area contributed by atoms with Crippen LogP contribution in [-0.2, 0) is 0 Å². The van der Waals surface area contributed by atoms with E-state index in [2.05, 4.69) is 29.3 Å². The number of aliphatic hydroxyl groups excluding tert-OH is 1. The van der Waals surface area contributed by atoms with Gasteiger partial charge in [0, 0.05) is 12.1 Å². The monoisotopic (exact) mass is 291 g/mol. The lowest BCUT2D eigenvalue weighted by molar-refractivity contribution is 0.0318. The van der Waals surface area contributed by atoms with Gasteiger partial charge in [-0.05, 0) is 51.4 Å². The van der Waals surface area contributed by atoms with E-state index < -0.39 is 0 Å². The van der Waals surface area contributed by atoms with Gasteiger partial charge in [-0.25, -0.2) is 0 Å². The Balaban J connectivity index is 2.23. The van der Waals surface area contributed by atoms with Crippen LogP contribution in [0.25, 0.3) is 0 Å². The second-order valence-electron chi connectivity index (χ2n) is 5.96. The van der Waals surface area contributed by atoms with Crippen molar-refractivity contribution in [2.45, 2.75) is 44.3 Å². The molecule has 1 aromatic rings. The molecule has 2 unspecified atom stereocenters. The fourth-order valence-electron chi connectivity index (χ4n) is 3.46. The highest BCUT2D eigenvalue weighted by Crippen LogP contribution is 2.29. The zero-order chi connectivity index (χ0) is 15.1. The van der Waals surface area contributed by atoms with E-state index in [1.54, 1.807) is 0 Å². The van der Waals surface area contributed by atoms with Crippen LogP contribution in [0.1, 0.15) is 37.8 Å². The summed E-state index contributed by atoms with van der Waals surface area (Å²) in [4.78, 5) is 2.50. The zero-order valence-electron chi connectivity index (χ0n) is 13.0. The number of piperidine rings is 1. The van der Waals surface area contributed by atoms with Crippen LogP contribution < -0.4 is 11.1 Å². The molecule has 1 aliphatic heterocycles. The summed E-state index contributed by atoms with van der Waals surface area (Å²) >= 11 is 0. The van der Waals surface area contributed by atoms with E-state index in [1.165, 1.54) is 5.56 Å². The maximum absolute atomic E-state index is 10.0. The maximum Gasteiger partial charge on any atom is 0.0628 e. The number of benzene rings is 1. The predicted octanol–water partition coefficient (Wildman–Crippen LogP) is 1.51. The summed E-state index contributed by atoms with van der Waals surface area (Å²) in [6, 6.07) is 11.3. The van der Waals surface area contributed by atoms with Gasteiger partial charge in [0.2, 0.25) is 0 Å². The Morgan fingerprint density at radius 3 is 2.52 bits per heavy atom. The fraction of sp³-hybridized carbons (Fsp3) is 0.647. The minimum absolute atomic E-state index is 0.0656. The van der Waals surface area contributed by atoms with Crippen molar-refractivity contribution in [3.8, 4) is 0 Å². The van der Waals surface area contributed by atoms with Crippen molar-refractivity contribution in [1.29, 1.82) is 0 Å². The third kappa shape index (κ3) is 4.27. The standard InChI is InChI=1S/C17H29N3O/c1-14(7-10-18)20(16-8-11-19-12-9-16)17(13-21)15-5-3-2-4-6-15/h2-6,14,16-17,19,21H,7-13,18H2,1H3. The summed E-state index contributed by atoms with van der Waals surface area (Å²) in [5.41, 5.74) is 6.97. The van der Waals surface area contributed by atoms with Gasteiger partial charge in [-0.1, -0.05) is 30.3 Å². The Labute approximate surface area is 128 Å². The summed E-state index contributed by atoms with van der Waals surface area (Å²) < 4.78 is 0. The number of aliphatic hydroxyl groups is 1. The molecule has 4 N–H and O–H groups in total. The van der Waals surface area contributed by atoms with Gasteiger partial charge >= 0.3 is 0 Å². The molecule has 4 heteroatoms. The number of hydrogen-bond acceptors (Lipinski definition) is 4. The van der Waals surface area contributed by atoms with E-state index in [0.717, 1.165) is 32.4 Å². The Hall–Kier alpha value is -0.940. The van der Waals surface area contributed by atoms with Crippen LogP contribution in [0, 0.1) is 0 Å². The molecule has 1 aromatic carbocycles. The number of rotatable bonds is 7. The van der Waals surface area contributed by atoms with Gasteiger partial charge in [-0.2, -0.15) is 0 Å². The quantitative estimate of drug-likeness (QED) is 0.713. The third-order valence-electron chi connectivity index (χ3n) is 4.54. The van der Waals surface area contributed by atoms with Crippen molar-refractivity contribution >= 4 is 0 Å². The van der Waals surface area contributed by atoms with E-state index in [0.29, 0.717) is 18.6 Å². The van der Waals surface area contributed by atoms with E-state index in [9.17, 15) is 5.11 Å². The maximum atomic E-state index is 10.0. The molecule has 21 heavy (non-hydrogen) atoms. The highest BCUT2D eigenvalue weighted by Gasteiger charge is 2.31. The van der Waals surface area contributed by atoms with Crippen molar-refractivity contribution in [3.63, 3.8) is 0 Å². The molecule has 1 saturated heterocycles. The molecule has 2 atom stereocenters. The largest absolute Gasteiger partial charge is 0.394 e. The van der Waals surface area contributed by atoms with Gasteiger partial charge in [-0.3, -0.25) is 4.90 Å². The molecule has 0 amide bonds. The molecule has 1 fully saturated rings. The van der Waals surface area contributed by atoms with Crippen molar-refractivity contribution in [2.24, 2.45) is 5.73 Å². The van der Waals surface area contributed by atoms with Crippen LogP contribution in [0.2, 0.25) is 0 Å². The van der Waals surface area contributed by atoms with Gasteiger partial charge in [0.15, 0.2) is 0 Å². The highest BCUT2D eigenvalue weighted by molar-refractivity contribution is 5.19. The van der Waals surface area contributed by atoms with Crippen LogP contribution in [0.3, 0.4) is 0 Å². The first-order chi connectivity index (χ1) is 10.3. The molecule has 118 valence electrons. The normalized spacial score (nSPS) is 19.6. The van der Waals surface area contributed by atoms with Crippen LogP contribution >= 0.6 is 0 Å². The average molecular weight is 291 g/mol. The first-order valence-electron chi connectivity index (χ1n) is 8.12. The summed E-state index contributed by atoms with van der Waals surface area (Å²) in [7, 11) is 0. The molecule has 2 rings (SSSR count). The van der Waals surface area contributed by atoms with Crippen molar-refractivity contribution in [1.82, 2.24) is 10.2 Å². The number of nitrogens with zero attached hydrogens (tertiary/aromatic N) is 1. The molecule has 0 radical (unpaired) electrons. The number of nitrogens with two attached hydrogens (primary N) is 1. The zero-order valence-corrected chi connectivity index (χ0v) is 13.0. The van der Waals surface area contributed by atoms with Gasteiger partial charge in [0.05, 0.1) is 12.6 Å². The van der Waals surface area contributed by atoms with Gasteiger partial charge in [0.25, 0.3) is 0 Å². The molecule has 0 bridgehead atoms. The molecular formula is C17H29N3O. The first-order valence-corrected chi connectivity index (χ1v) is 8.12. The molecule has 0 spiro atoms. The van der Waals surface area contributed by atoms with E-state index >= 15 is 0 Å². The summed E-state index contributed by atoms with van der Waals surface area (Å²) in [5.74, 6) is 0. The minimum atomic E-state index is 0.0656. The predicted molar refractivity (Wildman–Crippen MR) is 87.1 cm³/mol. The molecule has 0 aromatic heterocycles. The summed E-state index contributed by atoms with van der Waals surface area (Å²) in [6.07, 6.45) is 3.24. The first kappa shape index (κ1) is 16.4. The van der Waals surface area contributed by atoms with Gasteiger partial charge < -0.3 is 16.2 Å². The summed E-state index contributed by atoms with van der Waals surface area (Å²) in [6.45, 7) is 5.20. The lowest BCUT2D eigenvalue weighted by Crippen LogP contribution is -2.50. The number of hydrogen-bond donors (Lipinski definition) is 3. The Bertz CT molecular complexity index is 392. The van der Waals surface area contributed by atoms with Crippen LogP contribution in [0.5, 0.6) is 0 Å². The molecular weight excluding hydrogens is 262 g/mol. The highest BCUT2D eigenvalue weighted by atomic mass is 16.3. The average Bonchev–Trinajstić information content (AvgIpc) is 2.54. The van der Waals surface area contributed by atoms with Crippen LogP contribution in [-0.4, -0.2) is 48.3 Å². The van der Waals surface area contributed by atoms with Crippen LogP contribution in [0.4, 0.5) is 0 Å². The number of nitrogens with one attached hydrogen (secondary N) is 1. The summed E-state index contributed by atoms with van der Waals surface area (Å²) in [5, 5.41) is 13.4. The minimum Gasteiger partial charge on any atom is -0.394 e. The lowest BCUT2D eigenvalue weighted by Gasteiger charge is -2.43. The van der Waals surface area contributed by atoms with E-state index in [4.69, 9.17) is 5.73 Å². The molecule has 0 aliphatic carbocycles. The van der Waals surface area contributed by atoms with Crippen molar-refractivity contribution in [2.75, 3.05) is 26.2 Å². The second-order valence-corrected chi connectivity index (χ2v) is 5.96. The topological polar surface area (TPSA) is 61.5 Å². The Morgan fingerprint density at radius 1 is 1.29 bits per heavy atom. The van der Waals surface area contributed by atoms with Gasteiger partial charge in [0.1, 0.15) is 0 Å². The molecule has 4 nitrogen and oxygen atoms in total. The van der Waals surface area contributed by atoms with Crippen molar-refractivity contribution < 1.29 is 5.11 Å². The van der Waals surface area contributed by atoms with E-state index in [1.807, 2.05) is 18.2 Å². The smallest absolute Gasteiger partial charge is 0.0628 e. The van der Waals surface area contributed by atoms with Crippen molar-refractivity contribution in [3.05, 3.63) is 35.9 Å². The van der Waals surface area contributed by atoms with Gasteiger partial charge in [-0.15, -0.1) is 0 Å². The second kappa shape index (κ2) is 8.49. The molecule has 1 aliphatic rings. The molecule has 1 heterocycles. The lowest BCUT2D eigenvalue weighted by atomic mass is 9.95. The van der Waals surface area contributed by atoms with Crippen LogP contribution in [0.15, 0.2) is 30.3 Å². The Morgan fingerprint density at radius 2 is 1.95 bits per heavy atom. The SMILES string of the molecule is CC(CCN)N(C1CCNCC1)C(CO)c1ccccc1. The molecule has 0 saturated carbocycles. The van der Waals surface area contributed by atoms with E-state index in [-0.39, 0.29) is 12.6 Å². The fourth-order valence-corrected chi connectivity index (χ4v) is 3.46.